The van der Waals surface area contributed by atoms with E-state index >= 15 is 0 Å². The number of rotatable bonds is 3. The van der Waals surface area contributed by atoms with Gasteiger partial charge in [-0.2, -0.15) is 6.08 Å². The molecule has 0 aromatic rings. The topological polar surface area (TPSA) is 0 Å². The van der Waals surface area contributed by atoms with E-state index in [0.29, 0.717) is 0 Å². The molecule has 0 saturated heterocycles. The molecule has 4 heteroatoms. The Kier molecular flexibility index (Phi) is 15.6. The second-order valence-corrected chi connectivity index (χ2v) is 9.25. The van der Waals surface area contributed by atoms with E-state index in [4.69, 9.17) is 0 Å². The Morgan fingerprint density at radius 3 is 2.39 bits per heavy atom. The van der Waals surface area contributed by atoms with Crippen LogP contribution in [0.1, 0.15) is 39.0 Å². The van der Waals surface area contributed by atoms with E-state index in [9.17, 15) is 0 Å². The van der Waals surface area contributed by atoms with E-state index in [-0.39, 0.29) is 59.8 Å². The Hall–Kier alpha value is 0.640. The van der Waals surface area contributed by atoms with Crippen molar-refractivity contribution < 1.29 is 51.0 Å². The summed E-state index contributed by atoms with van der Waals surface area (Å²) in [5, 5.41) is 0. The number of fused-ring (bicyclic) bond motifs is 1. The van der Waals surface area contributed by atoms with Crippen molar-refractivity contribution in [2.24, 2.45) is 11.8 Å². The average molecular weight is 447 g/mol. The molecule has 1 fully saturated rings. The predicted octanol–water partition coefficient (Wildman–Crippen LogP) is -0.255. The fourth-order valence-electron chi connectivity index (χ4n) is 3.53. The molecule has 3 aliphatic rings. The molecular weight excluding hydrogens is 418 g/mol. The van der Waals surface area contributed by atoms with E-state index in [1.807, 2.05) is 0 Å². The zero-order valence-corrected chi connectivity index (χ0v) is 19.5. The predicted molar refractivity (Wildman–Crippen MR) is 91.1 cm³/mol. The van der Waals surface area contributed by atoms with Crippen LogP contribution in [-0.2, 0) is 26.2 Å². The van der Waals surface area contributed by atoms with Gasteiger partial charge in [0.15, 0.2) is 0 Å². The standard InChI is InChI=1S/C11H17Si.C8H11.2ClH.Zr/c1-12(2)11-8-7-9-5-3-4-6-10(9)11;1-2-5-8-6-3-4-7-8;;;/h3-6,9-11H,7-8H2,1-2H3;6-7H,2-3,5H2,1H3;2*1H;/q;-1;;;+3/p-2. The van der Waals surface area contributed by atoms with Crippen molar-refractivity contribution in [3.05, 3.63) is 48.1 Å². The first-order valence-electron chi connectivity index (χ1n) is 8.13. The maximum Gasteiger partial charge on any atom is 3.00 e. The first kappa shape index (κ1) is 25.9. The summed E-state index contributed by atoms with van der Waals surface area (Å²) in [7, 11) is -0.0662. The largest absolute Gasteiger partial charge is 3.00 e. The molecule has 2 radical (unpaired) electrons. The van der Waals surface area contributed by atoms with E-state index in [2.05, 4.69) is 62.5 Å². The summed E-state index contributed by atoms with van der Waals surface area (Å²) in [6, 6.07) is 0. The van der Waals surface area contributed by atoms with Gasteiger partial charge in [-0.05, 0) is 23.8 Å². The van der Waals surface area contributed by atoms with Crippen LogP contribution in [0.2, 0.25) is 18.6 Å². The van der Waals surface area contributed by atoms with Crippen molar-refractivity contribution in [3.8, 4) is 0 Å². The van der Waals surface area contributed by atoms with E-state index < -0.39 is 0 Å². The van der Waals surface area contributed by atoms with Crippen LogP contribution in [0.5, 0.6) is 0 Å². The van der Waals surface area contributed by atoms with Crippen LogP contribution >= 0.6 is 0 Å². The molecule has 3 aliphatic carbocycles. The fourth-order valence-corrected chi connectivity index (χ4v) is 5.40. The van der Waals surface area contributed by atoms with Gasteiger partial charge in [0, 0.05) is 8.80 Å². The van der Waals surface area contributed by atoms with Crippen molar-refractivity contribution in [2.45, 2.75) is 57.7 Å². The van der Waals surface area contributed by atoms with Crippen molar-refractivity contribution in [2.75, 3.05) is 0 Å². The summed E-state index contributed by atoms with van der Waals surface area (Å²) in [5.74, 6) is 1.79. The average Bonchev–Trinajstić information content (AvgIpc) is 3.08. The molecule has 126 valence electrons. The molecule has 0 bridgehead atoms. The molecule has 0 N–H and O–H groups in total. The van der Waals surface area contributed by atoms with Gasteiger partial charge in [0.25, 0.3) is 0 Å². The zero-order valence-electron chi connectivity index (χ0n) is 14.5. The molecule has 0 nitrogen and oxygen atoms in total. The van der Waals surface area contributed by atoms with Gasteiger partial charge < -0.3 is 24.8 Å². The molecule has 3 atom stereocenters. The third-order valence-electron chi connectivity index (χ3n) is 4.62. The van der Waals surface area contributed by atoms with Crippen LogP contribution in [0.3, 0.4) is 0 Å². The maximum atomic E-state index is 3.14. The first-order valence-corrected chi connectivity index (χ1v) is 10.7. The van der Waals surface area contributed by atoms with Gasteiger partial charge in [-0.15, -0.1) is 6.42 Å². The van der Waals surface area contributed by atoms with Crippen LogP contribution in [0.15, 0.2) is 42.0 Å². The molecule has 0 aromatic carbocycles. The third kappa shape index (κ3) is 8.04. The molecule has 23 heavy (non-hydrogen) atoms. The Morgan fingerprint density at radius 1 is 1.13 bits per heavy atom. The smallest absolute Gasteiger partial charge is 1.00 e. The number of hydrogen-bond acceptors (Lipinski definition) is 0. The second-order valence-electron chi connectivity index (χ2n) is 6.35. The Balaban J connectivity index is 0. The van der Waals surface area contributed by atoms with Gasteiger partial charge in [0.05, 0.1) is 0 Å². The van der Waals surface area contributed by atoms with Crippen LogP contribution in [0.25, 0.3) is 0 Å². The Bertz CT molecular complexity index is 427. The summed E-state index contributed by atoms with van der Waals surface area (Å²) >= 11 is 0. The first-order chi connectivity index (χ1) is 9.72. The second kappa shape index (κ2) is 13.9. The van der Waals surface area contributed by atoms with Gasteiger partial charge in [0.1, 0.15) is 0 Å². The normalized spacial score (nSPS) is 26.3. The summed E-state index contributed by atoms with van der Waals surface area (Å²) in [4.78, 5) is 0. The number of allylic oxidation sites excluding steroid dienone is 8. The molecule has 0 aliphatic heterocycles. The summed E-state index contributed by atoms with van der Waals surface area (Å²) in [6.45, 7) is 7.13. The molecule has 1 saturated carbocycles. The van der Waals surface area contributed by atoms with E-state index in [1.165, 1.54) is 31.3 Å². The van der Waals surface area contributed by atoms with Crippen molar-refractivity contribution in [1.29, 1.82) is 0 Å². The monoisotopic (exact) mass is 444 g/mol. The van der Waals surface area contributed by atoms with Crippen LogP contribution in [0.4, 0.5) is 0 Å². The fraction of sp³-hybridized carbons (Fsp3) is 0.579. The maximum absolute atomic E-state index is 3.14. The quantitative estimate of drug-likeness (QED) is 0.414. The summed E-state index contributed by atoms with van der Waals surface area (Å²) in [6.07, 6.45) is 23.2. The van der Waals surface area contributed by atoms with Gasteiger partial charge in [0.2, 0.25) is 0 Å². The number of hydrogen-bond donors (Lipinski definition) is 0. The van der Waals surface area contributed by atoms with Crippen molar-refractivity contribution >= 4 is 8.80 Å². The molecule has 3 unspecified atom stereocenters. The Morgan fingerprint density at radius 2 is 1.83 bits per heavy atom. The van der Waals surface area contributed by atoms with Crippen LogP contribution in [0, 0.1) is 17.9 Å². The molecule has 0 amide bonds. The number of halogens is 2. The van der Waals surface area contributed by atoms with E-state index in [1.54, 1.807) is 0 Å². The minimum absolute atomic E-state index is 0. The molecular formula is C19H28Cl2SiZr. The molecule has 0 heterocycles. The van der Waals surface area contributed by atoms with Gasteiger partial charge >= 0.3 is 26.2 Å². The van der Waals surface area contributed by atoms with Gasteiger partial charge in [-0.1, -0.05) is 63.6 Å². The third-order valence-corrected chi connectivity index (χ3v) is 6.78. The summed E-state index contributed by atoms with van der Waals surface area (Å²) < 4.78 is 0. The molecule has 3 rings (SSSR count). The minimum Gasteiger partial charge on any atom is -1.00 e. The van der Waals surface area contributed by atoms with Crippen LogP contribution in [-0.4, -0.2) is 8.80 Å². The minimum atomic E-state index is -0.0662. The molecule has 0 aromatic heterocycles. The SMILES string of the molecule is CCCC1=CC[C-]=C1.C[Si](C)C1CCC2C=CC=CC21.[Cl-].[Cl-].[Zr+3]. The van der Waals surface area contributed by atoms with Gasteiger partial charge in [-0.3, -0.25) is 6.08 Å². The van der Waals surface area contributed by atoms with E-state index in [0.717, 1.165) is 23.8 Å². The van der Waals surface area contributed by atoms with Gasteiger partial charge in [-0.25, -0.2) is 11.6 Å². The van der Waals surface area contributed by atoms with Crippen LogP contribution < -0.4 is 24.8 Å². The molecule has 0 spiro atoms. The van der Waals surface area contributed by atoms with Crippen molar-refractivity contribution in [1.82, 2.24) is 0 Å². The summed E-state index contributed by atoms with van der Waals surface area (Å²) in [5.41, 5.74) is 2.51. The van der Waals surface area contributed by atoms with Crippen molar-refractivity contribution in [3.63, 3.8) is 0 Å². The zero-order chi connectivity index (χ0) is 14.4. The Labute approximate surface area is 176 Å².